The second kappa shape index (κ2) is 10.5. The number of amides is 1. The Balaban J connectivity index is 1.23. The highest BCUT2D eigenvalue weighted by atomic mass is 16.5. The number of hydrogen-bond acceptors (Lipinski definition) is 5. The van der Waals surface area contributed by atoms with Gasteiger partial charge in [0.15, 0.2) is 11.4 Å². The Morgan fingerprint density at radius 3 is 2.58 bits per heavy atom. The molecule has 0 unspecified atom stereocenters. The van der Waals surface area contributed by atoms with Crippen LogP contribution < -0.4 is 15.6 Å². The Hall–Kier alpha value is -4.00. The maximum Gasteiger partial charge on any atom is 0.277 e. The number of para-hydroxylation sites is 1. The fourth-order valence-electron chi connectivity index (χ4n) is 3.74. The van der Waals surface area contributed by atoms with Gasteiger partial charge in [-0.2, -0.15) is 0 Å². The van der Waals surface area contributed by atoms with Gasteiger partial charge in [-0.05, 0) is 30.0 Å². The van der Waals surface area contributed by atoms with Crippen molar-refractivity contribution >= 4 is 5.91 Å². The lowest BCUT2D eigenvalue weighted by Gasteiger charge is -2.30. The molecule has 1 amide bonds. The lowest BCUT2D eigenvalue weighted by Crippen LogP contribution is -2.46. The number of carbonyl (C=O) groups excluding carboxylic acids is 1. The number of fused-ring (bicyclic) bond motifs is 1. The highest BCUT2D eigenvalue weighted by molar-refractivity contribution is 5.96. The number of pyridine rings is 1. The number of nitrogens with zero attached hydrogens (tertiary/aromatic N) is 2. The van der Waals surface area contributed by atoms with Crippen LogP contribution in [0.15, 0.2) is 83.8 Å². The lowest BCUT2D eigenvalue weighted by atomic mass is 10.0. The van der Waals surface area contributed by atoms with E-state index in [1.54, 1.807) is 4.90 Å². The Morgan fingerprint density at radius 1 is 0.970 bits per heavy atom. The monoisotopic (exact) mass is 445 g/mol. The fourth-order valence-corrected chi connectivity index (χ4v) is 3.74. The van der Waals surface area contributed by atoms with E-state index in [0.717, 1.165) is 24.2 Å². The van der Waals surface area contributed by atoms with Gasteiger partial charge in [0.25, 0.3) is 5.91 Å². The Bertz CT molecular complexity index is 1190. The standard InChI is InChI=1S/C26H27N3O4/c30-22-14-16-29-24(25(22)31)26(32)28(19-27-29)15-8-1-2-9-17-33-23-13-7-6-12-21(23)18-20-10-4-3-5-11-20/h1-7,10-14,16,27,31H,8-9,15,17-19H2/b2-1-. The molecule has 0 spiro atoms. The summed E-state index contributed by atoms with van der Waals surface area (Å²) in [5.41, 5.74) is 4.80. The van der Waals surface area contributed by atoms with Crippen molar-refractivity contribution in [2.75, 3.05) is 25.2 Å². The molecule has 2 aromatic carbocycles. The molecule has 4 rings (SSSR count). The highest BCUT2D eigenvalue weighted by Crippen LogP contribution is 2.22. The Labute approximate surface area is 192 Å². The molecule has 0 saturated heterocycles. The SMILES string of the molecule is O=C1c2c(O)c(=O)ccn2NCN1CC/C=C\CCOc1ccccc1Cc1ccccc1. The maximum atomic E-state index is 12.6. The third kappa shape index (κ3) is 5.44. The molecule has 0 radical (unpaired) electrons. The van der Waals surface area contributed by atoms with Gasteiger partial charge < -0.3 is 20.2 Å². The van der Waals surface area contributed by atoms with Crippen LogP contribution in [0.3, 0.4) is 0 Å². The molecule has 0 aliphatic carbocycles. The topological polar surface area (TPSA) is 83.8 Å². The van der Waals surface area contributed by atoms with Crippen LogP contribution in [0, 0.1) is 0 Å². The average Bonchev–Trinajstić information content (AvgIpc) is 2.83. The van der Waals surface area contributed by atoms with Crippen LogP contribution in [0.2, 0.25) is 0 Å². The van der Waals surface area contributed by atoms with Gasteiger partial charge in [0.05, 0.1) is 6.61 Å². The van der Waals surface area contributed by atoms with Crippen molar-refractivity contribution in [3.05, 3.63) is 106 Å². The van der Waals surface area contributed by atoms with E-state index < -0.39 is 11.2 Å². The molecular formula is C26H27N3O4. The number of benzene rings is 2. The Morgan fingerprint density at radius 2 is 1.73 bits per heavy atom. The normalized spacial score (nSPS) is 13.1. The molecule has 33 heavy (non-hydrogen) atoms. The lowest BCUT2D eigenvalue weighted by molar-refractivity contribution is 0.0725. The summed E-state index contributed by atoms with van der Waals surface area (Å²) in [7, 11) is 0. The first-order valence-electron chi connectivity index (χ1n) is 11.0. The zero-order chi connectivity index (χ0) is 23.0. The average molecular weight is 446 g/mol. The van der Waals surface area contributed by atoms with Gasteiger partial charge in [0.2, 0.25) is 5.43 Å². The largest absolute Gasteiger partial charge is 0.502 e. The van der Waals surface area contributed by atoms with Crippen LogP contribution in [0.4, 0.5) is 0 Å². The highest BCUT2D eigenvalue weighted by Gasteiger charge is 2.27. The molecule has 2 heterocycles. The van der Waals surface area contributed by atoms with Crippen LogP contribution in [0.5, 0.6) is 11.5 Å². The van der Waals surface area contributed by atoms with Crippen molar-refractivity contribution in [2.45, 2.75) is 19.3 Å². The molecule has 0 fully saturated rings. The van der Waals surface area contributed by atoms with Gasteiger partial charge in [0, 0.05) is 25.2 Å². The summed E-state index contributed by atoms with van der Waals surface area (Å²) in [5.74, 6) is 0.00380. The molecule has 1 aliphatic heterocycles. The number of ether oxygens (including phenoxy) is 1. The van der Waals surface area contributed by atoms with E-state index in [9.17, 15) is 14.7 Å². The smallest absolute Gasteiger partial charge is 0.277 e. The van der Waals surface area contributed by atoms with Crippen molar-refractivity contribution in [1.29, 1.82) is 0 Å². The van der Waals surface area contributed by atoms with Crippen molar-refractivity contribution < 1.29 is 14.6 Å². The molecule has 3 aromatic rings. The second-order valence-corrected chi connectivity index (χ2v) is 7.80. The number of carbonyl (C=O) groups is 1. The van der Waals surface area contributed by atoms with E-state index in [2.05, 4.69) is 23.6 Å². The molecular weight excluding hydrogens is 418 g/mol. The summed E-state index contributed by atoms with van der Waals surface area (Å²) in [6.45, 7) is 1.35. The second-order valence-electron chi connectivity index (χ2n) is 7.80. The molecule has 7 heteroatoms. The van der Waals surface area contributed by atoms with E-state index in [-0.39, 0.29) is 11.6 Å². The van der Waals surface area contributed by atoms with Crippen LogP contribution in [-0.4, -0.2) is 40.4 Å². The first-order valence-corrected chi connectivity index (χ1v) is 11.0. The fraction of sp³-hybridized carbons (Fsp3) is 0.231. The van der Waals surface area contributed by atoms with Crippen LogP contribution in [0.25, 0.3) is 0 Å². The molecule has 1 aromatic heterocycles. The zero-order valence-corrected chi connectivity index (χ0v) is 18.3. The summed E-state index contributed by atoms with van der Waals surface area (Å²) < 4.78 is 7.39. The van der Waals surface area contributed by atoms with E-state index in [1.807, 2.05) is 48.6 Å². The maximum absolute atomic E-state index is 12.6. The third-order valence-electron chi connectivity index (χ3n) is 5.48. The van der Waals surface area contributed by atoms with E-state index >= 15 is 0 Å². The van der Waals surface area contributed by atoms with Crippen LogP contribution >= 0.6 is 0 Å². The number of hydrogen-bond donors (Lipinski definition) is 2. The number of aromatic nitrogens is 1. The van der Waals surface area contributed by atoms with Crippen LogP contribution in [-0.2, 0) is 6.42 Å². The third-order valence-corrected chi connectivity index (χ3v) is 5.48. The number of rotatable bonds is 9. The summed E-state index contributed by atoms with van der Waals surface area (Å²) >= 11 is 0. The first kappa shape index (κ1) is 22.2. The van der Waals surface area contributed by atoms with Gasteiger partial charge in [0.1, 0.15) is 12.4 Å². The summed E-state index contributed by atoms with van der Waals surface area (Å²) in [4.78, 5) is 25.8. The number of nitrogens with one attached hydrogen (secondary N) is 1. The number of aromatic hydroxyl groups is 1. The minimum absolute atomic E-state index is 0.0275. The quantitative estimate of drug-likeness (QED) is 0.389. The van der Waals surface area contributed by atoms with E-state index in [0.29, 0.717) is 26.2 Å². The van der Waals surface area contributed by atoms with Gasteiger partial charge in [-0.15, -0.1) is 0 Å². The molecule has 170 valence electrons. The molecule has 7 nitrogen and oxygen atoms in total. The van der Waals surface area contributed by atoms with Gasteiger partial charge in [-0.3, -0.25) is 14.3 Å². The molecule has 0 bridgehead atoms. The van der Waals surface area contributed by atoms with E-state index in [1.165, 1.54) is 22.5 Å². The molecule has 2 N–H and O–H groups in total. The Kier molecular flexibility index (Phi) is 7.09. The van der Waals surface area contributed by atoms with Crippen molar-refractivity contribution in [3.63, 3.8) is 0 Å². The predicted octanol–water partition coefficient (Wildman–Crippen LogP) is 3.52. The minimum Gasteiger partial charge on any atom is -0.502 e. The molecule has 1 aliphatic rings. The predicted molar refractivity (Wildman–Crippen MR) is 127 cm³/mol. The van der Waals surface area contributed by atoms with Crippen molar-refractivity contribution in [2.24, 2.45) is 0 Å². The summed E-state index contributed by atoms with van der Waals surface area (Å²) in [5, 5.41) is 9.95. The summed E-state index contributed by atoms with van der Waals surface area (Å²) in [6, 6.07) is 19.6. The molecule has 0 atom stereocenters. The van der Waals surface area contributed by atoms with Crippen molar-refractivity contribution in [1.82, 2.24) is 9.58 Å². The summed E-state index contributed by atoms with van der Waals surface area (Å²) in [6.07, 6.45) is 7.75. The van der Waals surface area contributed by atoms with Crippen molar-refractivity contribution in [3.8, 4) is 11.5 Å². The van der Waals surface area contributed by atoms with Gasteiger partial charge >= 0.3 is 0 Å². The minimum atomic E-state index is -0.566. The van der Waals surface area contributed by atoms with Gasteiger partial charge in [-0.1, -0.05) is 60.7 Å². The molecule has 0 saturated carbocycles. The van der Waals surface area contributed by atoms with E-state index in [4.69, 9.17) is 4.74 Å². The first-order chi connectivity index (χ1) is 16.1. The van der Waals surface area contributed by atoms with Gasteiger partial charge in [-0.25, -0.2) is 0 Å². The zero-order valence-electron chi connectivity index (χ0n) is 18.3. The van der Waals surface area contributed by atoms with Crippen LogP contribution in [0.1, 0.15) is 34.5 Å².